The van der Waals surface area contributed by atoms with Gasteiger partial charge in [-0.15, -0.1) is 0 Å². The molecule has 4 rings (SSSR count). The number of ether oxygens (including phenoxy) is 2. The second-order valence-electron chi connectivity index (χ2n) is 9.33. The van der Waals surface area contributed by atoms with E-state index in [9.17, 15) is 25.0 Å². The highest BCUT2D eigenvalue weighted by atomic mass is 16.6. The van der Waals surface area contributed by atoms with Crippen LogP contribution in [-0.4, -0.2) is 47.1 Å². The summed E-state index contributed by atoms with van der Waals surface area (Å²) in [4.78, 5) is 35.7. The first-order valence-corrected chi connectivity index (χ1v) is 12.6. The molecule has 0 unspecified atom stereocenters. The van der Waals surface area contributed by atoms with Crippen molar-refractivity contribution >= 4 is 23.5 Å². The summed E-state index contributed by atoms with van der Waals surface area (Å²) in [5, 5.41) is 25.8. The van der Waals surface area contributed by atoms with E-state index in [2.05, 4.69) is 15.4 Å². The van der Waals surface area contributed by atoms with Crippen molar-refractivity contribution in [1.29, 1.82) is 0 Å². The number of hydrazone groups is 1. The van der Waals surface area contributed by atoms with Crippen LogP contribution in [0.2, 0.25) is 0 Å². The van der Waals surface area contributed by atoms with E-state index in [0.717, 1.165) is 24.2 Å². The maximum atomic E-state index is 12.7. The lowest BCUT2D eigenvalue weighted by Crippen LogP contribution is -2.39. The van der Waals surface area contributed by atoms with Gasteiger partial charge in [0.25, 0.3) is 11.4 Å². The Hall–Kier alpha value is -4.84. The molecule has 1 saturated heterocycles. The molecule has 1 heterocycles. The van der Waals surface area contributed by atoms with Crippen molar-refractivity contribution in [3.8, 4) is 11.5 Å². The molecule has 12 heteroatoms. The number of rotatable bonds is 11. The number of benzene rings is 3. The number of carbonyl (C=O) groups excluding carboxylic acids is 1. The van der Waals surface area contributed by atoms with Crippen LogP contribution in [0.25, 0.3) is 0 Å². The molecular formula is C28H29N5O7. The molecule has 0 spiro atoms. The van der Waals surface area contributed by atoms with Crippen LogP contribution in [0.3, 0.4) is 0 Å². The zero-order valence-corrected chi connectivity index (χ0v) is 21.9. The predicted molar refractivity (Wildman–Crippen MR) is 147 cm³/mol. The molecule has 0 radical (unpaired) electrons. The third-order valence-electron chi connectivity index (χ3n) is 6.63. The van der Waals surface area contributed by atoms with Gasteiger partial charge in [0.15, 0.2) is 11.5 Å². The first-order valence-electron chi connectivity index (χ1n) is 12.6. The highest BCUT2D eigenvalue weighted by Gasteiger charge is 2.25. The van der Waals surface area contributed by atoms with E-state index in [1.54, 1.807) is 42.5 Å². The molecule has 0 saturated carbocycles. The van der Waals surface area contributed by atoms with E-state index < -0.39 is 9.85 Å². The number of nitro benzene ring substituents is 2. The highest BCUT2D eigenvalue weighted by Crippen LogP contribution is 2.29. The first kappa shape index (κ1) is 28.2. The highest BCUT2D eigenvalue weighted by molar-refractivity contribution is 5.84. The van der Waals surface area contributed by atoms with Gasteiger partial charge >= 0.3 is 0 Å². The van der Waals surface area contributed by atoms with Crippen molar-refractivity contribution in [2.45, 2.75) is 26.0 Å². The topological polar surface area (TPSA) is 149 Å². The Morgan fingerprint density at radius 2 is 1.55 bits per heavy atom. The number of nitro groups is 2. The molecule has 3 aromatic rings. The lowest BCUT2D eigenvalue weighted by atomic mass is 9.96. The molecule has 12 nitrogen and oxygen atoms in total. The summed E-state index contributed by atoms with van der Waals surface area (Å²) in [5.74, 6) is 0.691. The molecule has 1 aliphatic heterocycles. The summed E-state index contributed by atoms with van der Waals surface area (Å²) < 4.78 is 11.2. The summed E-state index contributed by atoms with van der Waals surface area (Å²) >= 11 is 0. The van der Waals surface area contributed by atoms with Crippen LogP contribution in [0.5, 0.6) is 11.5 Å². The zero-order valence-electron chi connectivity index (χ0n) is 21.9. The number of carbonyl (C=O) groups is 1. The van der Waals surface area contributed by atoms with E-state index >= 15 is 0 Å². The van der Waals surface area contributed by atoms with Gasteiger partial charge in [-0.2, -0.15) is 5.10 Å². The normalized spacial score (nSPS) is 14.1. The second-order valence-corrected chi connectivity index (χ2v) is 9.33. The third-order valence-corrected chi connectivity index (χ3v) is 6.63. The average molecular weight is 548 g/mol. The van der Waals surface area contributed by atoms with Crippen LogP contribution >= 0.6 is 0 Å². The van der Waals surface area contributed by atoms with Gasteiger partial charge in [0.1, 0.15) is 6.61 Å². The molecule has 0 atom stereocenters. The Morgan fingerprint density at radius 3 is 2.12 bits per heavy atom. The van der Waals surface area contributed by atoms with Crippen molar-refractivity contribution in [3.63, 3.8) is 0 Å². The number of hydrogen-bond donors (Lipinski definition) is 1. The minimum absolute atomic E-state index is 0.00869. The Bertz CT molecular complexity index is 1370. The molecule has 208 valence electrons. The van der Waals surface area contributed by atoms with Crippen molar-refractivity contribution in [3.05, 3.63) is 104 Å². The van der Waals surface area contributed by atoms with Crippen LogP contribution in [0, 0.1) is 26.1 Å². The number of non-ortho nitro benzene ring substituents is 2. The molecule has 1 amide bonds. The Labute approximate surface area is 230 Å². The van der Waals surface area contributed by atoms with Crippen molar-refractivity contribution in [2.75, 3.05) is 20.2 Å². The fourth-order valence-corrected chi connectivity index (χ4v) is 4.36. The Morgan fingerprint density at radius 1 is 0.950 bits per heavy atom. The molecular weight excluding hydrogens is 518 g/mol. The second kappa shape index (κ2) is 13.3. The monoisotopic (exact) mass is 547 g/mol. The summed E-state index contributed by atoms with van der Waals surface area (Å²) in [5.41, 5.74) is 5.15. The number of amides is 1. The quantitative estimate of drug-likeness (QED) is 0.210. The smallest absolute Gasteiger partial charge is 0.269 e. The van der Waals surface area contributed by atoms with Crippen molar-refractivity contribution < 1.29 is 24.1 Å². The number of likely N-dealkylation sites (tertiary alicyclic amines) is 1. The Balaban J connectivity index is 1.26. The lowest BCUT2D eigenvalue weighted by molar-refractivity contribution is -0.385. The molecule has 1 N–H and O–H groups in total. The van der Waals surface area contributed by atoms with Crippen LogP contribution in [-0.2, 0) is 17.9 Å². The minimum atomic E-state index is -0.456. The number of nitrogens with zero attached hydrogens (tertiary/aromatic N) is 4. The SMILES string of the molecule is COc1ccc(/C=N/NC(=O)C2CCN(Cc3ccc([N+](=O)[O-])cc3)CC2)cc1OCc1ccc([N+](=O)[O-])cc1. The van der Waals surface area contributed by atoms with E-state index in [4.69, 9.17) is 9.47 Å². The van der Waals surface area contributed by atoms with Crippen LogP contribution in [0.1, 0.15) is 29.5 Å². The summed E-state index contributed by atoms with van der Waals surface area (Å²) in [6.07, 6.45) is 2.91. The standard InChI is InChI=1S/C28H29N5O7/c1-39-26-11-6-22(16-27(26)40-19-21-4-9-25(10-5-21)33(37)38)17-29-30-28(34)23-12-14-31(15-13-23)18-20-2-7-24(8-3-20)32(35)36/h2-11,16-17,23H,12-15,18-19H2,1H3,(H,30,34)/b29-17+. The molecule has 1 aliphatic rings. The van der Waals surface area contributed by atoms with Crippen LogP contribution in [0.15, 0.2) is 71.8 Å². The van der Waals surface area contributed by atoms with Crippen LogP contribution < -0.4 is 14.9 Å². The van der Waals surface area contributed by atoms with Gasteiger partial charge in [0.2, 0.25) is 5.91 Å². The summed E-state index contributed by atoms with van der Waals surface area (Å²) in [7, 11) is 1.53. The lowest BCUT2D eigenvalue weighted by Gasteiger charge is -2.30. The van der Waals surface area contributed by atoms with Crippen molar-refractivity contribution in [1.82, 2.24) is 10.3 Å². The number of hydrogen-bond acceptors (Lipinski definition) is 9. The van der Waals surface area contributed by atoms with E-state index in [0.29, 0.717) is 36.4 Å². The maximum absolute atomic E-state index is 12.7. The predicted octanol–water partition coefficient (Wildman–Crippen LogP) is 4.45. The van der Waals surface area contributed by atoms with Gasteiger partial charge in [-0.25, -0.2) is 5.43 Å². The van der Waals surface area contributed by atoms with Gasteiger partial charge in [-0.3, -0.25) is 29.9 Å². The minimum Gasteiger partial charge on any atom is -0.493 e. The molecule has 0 aromatic heterocycles. The fourth-order valence-electron chi connectivity index (χ4n) is 4.36. The largest absolute Gasteiger partial charge is 0.493 e. The molecule has 1 fully saturated rings. The van der Waals surface area contributed by atoms with Gasteiger partial charge in [-0.05, 0) is 73.0 Å². The van der Waals surface area contributed by atoms with E-state index in [-0.39, 0.29) is 29.8 Å². The zero-order chi connectivity index (χ0) is 28.5. The number of piperidine rings is 1. The molecule has 3 aromatic carbocycles. The molecule has 0 bridgehead atoms. The van der Waals surface area contributed by atoms with Crippen LogP contribution in [0.4, 0.5) is 11.4 Å². The van der Waals surface area contributed by atoms with Gasteiger partial charge in [0.05, 0.1) is 23.2 Å². The van der Waals surface area contributed by atoms with Gasteiger partial charge < -0.3 is 9.47 Å². The van der Waals surface area contributed by atoms with E-state index in [1.807, 2.05) is 0 Å². The van der Waals surface area contributed by atoms with Gasteiger partial charge in [-0.1, -0.05) is 12.1 Å². The summed E-state index contributed by atoms with van der Waals surface area (Å²) in [6, 6.07) is 17.9. The summed E-state index contributed by atoms with van der Waals surface area (Å²) in [6.45, 7) is 2.35. The first-order chi connectivity index (χ1) is 19.3. The van der Waals surface area contributed by atoms with E-state index in [1.165, 1.54) is 37.6 Å². The number of methoxy groups -OCH3 is 1. The molecule has 0 aliphatic carbocycles. The Kier molecular flexibility index (Phi) is 9.36. The maximum Gasteiger partial charge on any atom is 0.269 e. The van der Waals surface area contributed by atoms with Gasteiger partial charge in [0, 0.05) is 36.7 Å². The number of nitrogens with one attached hydrogen (secondary N) is 1. The van der Waals surface area contributed by atoms with Crippen molar-refractivity contribution in [2.24, 2.45) is 11.0 Å². The molecule has 40 heavy (non-hydrogen) atoms. The fraction of sp³-hybridized carbons (Fsp3) is 0.286. The third kappa shape index (κ3) is 7.60. The average Bonchev–Trinajstić information content (AvgIpc) is 2.97.